The van der Waals surface area contributed by atoms with Crippen LogP contribution in [-0.4, -0.2) is 42.3 Å². The van der Waals surface area contributed by atoms with Gasteiger partial charge in [0.2, 0.25) is 4.38 Å². The van der Waals surface area contributed by atoms with Crippen LogP contribution in [0.15, 0.2) is 34.4 Å². The number of nitrogens with two attached hydrogens (primary N) is 1. The van der Waals surface area contributed by atoms with Gasteiger partial charge in [0.1, 0.15) is 5.75 Å². The van der Waals surface area contributed by atoms with Gasteiger partial charge in [-0.25, -0.2) is 18.6 Å². The summed E-state index contributed by atoms with van der Waals surface area (Å²) in [5.74, 6) is 0.336. The van der Waals surface area contributed by atoms with Gasteiger partial charge in [-0.3, -0.25) is 4.99 Å². The van der Waals surface area contributed by atoms with E-state index in [1.807, 2.05) is 0 Å². The number of sulfonamides is 1. The molecule has 1 aromatic rings. The van der Waals surface area contributed by atoms with Gasteiger partial charge in [0.05, 0.1) is 25.6 Å². The highest BCUT2D eigenvalue weighted by Crippen LogP contribution is 2.34. The van der Waals surface area contributed by atoms with Crippen molar-refractivity contribution in [3.63, 3.8) is 0 Å². The van der Waals surface area contributed by atoms with Crippen molar-refractivity contribution in [2.45, 2.75) is 18.6 Å². The van der Waals surface area contributed by atoms with Crippen molar-refractivity contribution >= 4 is 31.3 Å². The molecule has 0 saturated heterocycles. The quantitative estimate of drug-likeness (QED) is 0.843. The summed E-state index contributed by atoms with van der Waals surface area (Å²) in [4.78, 5) is 4.39. The van der Waals surface area contributed by atoms with E-state index in [-0.39, 0.29) is 10.4 Å². The number of aliphatic imine (C=N–C) groups is 1. The van der Waals surface area contributed by atoms with Gasteiger partial charge in [0.25, 0.3) is 10.0 Å². The predicted octanol–water partition coefficient (Wildman–Crippen LogP) is 2.04. The average Bonchev–Trinajstić information content (AvgIpc) is 3.04. The number of hydrogen-bond donors (Lipinski definition) is 1. The van der Waals surface area contributed by atoms with Crippen LogP contribution in [0.5, 0.6) is 5.75 Å². The number of fused-ring (bicyclic) bond motifs is 1. The molecule has 1 atom stereocenters. The fraction of sp³-hybridized carbons (Fsp3) is 0.385. The molecular weight excluding hydrogens is 381 g/mol. The summed E-state index contributed by atoms with van der Waals surface area (Å²) >= 11 is 0.885. The molecule has 2 N–H and O–H groups in total. The highest BCUT2D eigenvalue weighted by Gasteiger charge is 2.36. The second-order valence-corrected chi connectivity index (χ2v) is 8.00. The van der Waals surface area contributed by atoms with Crippen molar-refractivity contribution in [2.24, 2.45) is 15.2 Å². The summed E-state index contributed by atoms with van der Waals surface area (Å²) in [6.45, 7) is -0.0837. The Morgan fingerprint density at radius 1 is 1.32 bits per heavy atom. The lowest BCUT2D eigenvalue weighted by atomic mass is 10.1. The Balaban J connectivity index is 1.59. The first-order chi connectivity index (χ1) is 11.6. The third-order valence-corrected chi connectivity index (χ3v) is 5.65. The summed E-state index contributed by atoms with van der Waals surface area (Å²) in [5.41, 5.74) is 0.818. The van der Waals surface area contributed by atoms with Crippen molar-refractivity contribution in [1.82, 2.24) is 5.01 Å². The van der Waals surface area contributed by atoms with E-state index in [0.717, 1.165) is 17.3 Å². The molecule has 0 saturated carbocycles. The Kier molecular flexibility index (Phi) is 4.68. The minimum absolute atomic E-state index is 0.196. The zero-order chi connectivity index (χ0) is 18.2. The maximum atomic E-state index is 12.1. The number of benzene rings is 1. The van der Waals surface area contributed by atoms with Gasteiger partial charge in [-0.05, 0) is 29.5 Å². The molecule has 0 aromatic heterocycles. The van der Waals surface area contributed by atoms with E-state index in [2.05, 4.69) is 10.1 Å². The number of alkyl halides is 3. The van der Waals surface area contributed by atoms with Crippen LogP contribution >= 0.6 is 11.8 Å². The molecule has 1 unspecified atom stereocenters. The molecule has 25 heavy (non-hydrogen) atoms. The molecule has 7 nitrogen and oxygen atoms in total. The fourth-order valence-electron chi connectivity index (χ4n) is 2.21. The predicted molar refractivity (Wildman–Crippen MR) is 87.6 cm³/mol. The normalized spacial score (nSPS) is 20.3. The zero-order valence-electron chi connectivity index (χ0n) is 12.6. The van der Waals surface area contributed by atoms with Gasteiger partial charge in [0.15, 0.2) is 5.17 Å². The number of hydrazone groups is 1. The minimum Gasteiger partial charge on any atom is -0.493 e. The number of ether oxygens (including phenoxy) is 1. The van der Waals surface area contributed by atoms with Crippen LogP contribution in [0.2, 0.25) is 0 Å². The van der Waals surface area contributed by atoms with E-state index in [1.54, 1.807) is 24.3 Å². The van der Waals surface area contributed by atoms with Crippen molar-refractivity contribution < 1.29 is 26.3 Å². The number of primary sulfonamides is 1. The third-order valence-electron chi connectivity index (χ3n) is 3.38. The van der Waals surface area contributed by atoms with Crippen LogP contribution in [-0.2, 0) is 10.0 Å². The number of amidine groups is 1. The van der Waals surface area contributed by atoms with E-state index >= 15 is 0 Å². The van der Waals surface area contributed by atoms with Crippen LogP contribution in [0.4, 0.5) is 13.2 Å². The summed E-state index contributed by atoms with van der Waals surface area (Å²) in [6, 6.07) is 6.30. The van der Waals surface area contributed by atoms with Crippen LogP contribution in [0.3, 0.4) is 0 Å². The van der Waals surface area contributed by atoms with Crippen LogP contribution < -0.4 is 9.88 Å². The molecule has 136 valence electrons. The van der Waals surface area contributed by atoms with Crippen molar-refractivity contribution in [2.75, 3.05) is 13.2 Å². The van der Waals surface area contributed by atoms with Crippen LogP contribution in [0.1, 0.15) is 18.0 Å². The monoisotopic (exact) mass is 394 g/mol. The highest BCUT2D eigenvalue weighted by atomic mass is 32.3. The summed E-state index contributed by atoms with van der Waals surface area (Å²) in [5, 5.41) is 10.8. The SMILES string of the molecule is NS(=O)(=O)C1=NN2CC(c3ccc(OCCC(F)(F)F)cc3)N=C2S1. The van der Waals surface area contributed by atoms with E-state index in [4.69, 9.17) is 9.88 Å². The number of hydrogen-bond acceptors (Lipinski definition) is 7. The lowest BCUT2D eigenvalue weighted by Crippen LogP contribution is -2.20. The second kappa shape index (κ2) is 6.50. The smallest absolute Gasteiger partial charge is 0.392 e. The minimum atomic E-state index is -4.25. The second-order valence-electron chi connectivity index (χ2n) is 5.31. The first-order valence-corrected chi connectivity index (χ1v) is 9.42. The molecule has 12 heteroatoms. The molecule has 0 amide bonds. The van der Waals surface area contributed by atoms with Crippen molar-refractivity contribution in [1.29, 1.82) is 0 Å². The lowest BCUT2D eigenvalue weighted by Gasteiger charge is -2.12. The fourth-order valence-corrected chi connectivity index (χ4v) is 3.80. The van der Waals surface area contributed by atoms with E-state index in [1.165, 1.54) is 5.01 Å². The Bertz CT molecular complexity index is 822. The summed E-state index contributed by atoms with van der Waals surface area (Å²) < 4.78 is 63.6. The van der Waals surface area contributed by atoms with Gasteiger partial charge in [0, 0.05) is 0 Å². The molecule has 0 spiro atoms. The Morgan fingerprint density at radius 3 is 2.56 bits per heavy atom. The molecule has 2 aliphatic rings. The Labute approximate surface area is 145 Å². The largest absolute Gasteiger partial charge is 0.493 e. The molecule has 2 aliphatic heterocycles. The lowest BCUT2D eigenvalue weighted by molar-refractivity contribution is -0.139. The number of halogens is 3. The van der Waals surface area contributed by atoms with E-state index in [9.17, 15) is 21.6 Å². The Morgan fingerprint density at radius 2 is 2.00 bits per heavy atom. The van der Waals surface area contributed by atoms with Gasteiger partial charge >= 0.3 is 6.18 Å². The van der Waals surface area contributed by atoms with Gasteiger partial charge in [-0.2, -0.15) is 13.2 Å². The Hall–Kier alpha value is -1.79. The molecule has 0 fully saturated rings. The first kappa shape index (κ1) is 18.0. The average molecular weight is 394 g/mol. The van der Waals surface area contributed by atoms with Gasteiger partial charge in [-0.15, -0.1) is 5.10 Å². The standard InChI is InChI=1S/C13H13F3N4O3S2/c14-13(15,16)5-6-23-9-3-1-8(2-4-9)10-7-20-11(18-10)24-12(19-20)25(17,21)22/h1-4,10H,5-7H2,(H2,17,21,22). The number of thioether (sulfide) groups is 1. The number of rotatable bonds is 4. The van der Waals surface area contributed by atoms with Gasteiger partial charge < -0.3 is 4.74 Å². The number of nitrogens with zero attached hydrogens (tertiary/aromatic N) is 3. The van der Waals surface area contributed by atoms with E-state index < -0.39 is 29.2 Å². The molecule has 1 aromatic carbocycles. The molecule has 0 aliphatic carbocycles. The van der Waals surface area contributed by atoms with Crippen LogP contribution in [0.25, 0.3) is 0 Å². The maximum Gasteiger partial charge on any atom is 0.392 e. The zero-order valence-corrected chi connectivity index (χ0v) is 14.2. The summed E-state index contributed by atoms with van der Waals surface area (Å²) in [7, 11) is -3.86. The van der Waals surface area contributed by atoms with Crippen molar-refractivity contribution in [3.05, 3.63) is 29.8 Å². The molecule has 2 heterocycles. The van der Waals surface area contributed by atoms with Crippen LogP contribution in [0, 0.1) is 0 Å². The molecule has 0 radical (unpaired) electrons. The molecule has 0 bridgehead atoms. The van der Waals surface area contributed by atoms with Crippen molar-refractivity contribution in [3.8, 4) is 5.75 Å². The highest BCUT2D eigenvalue weighted by molar-refractivity contribution is 8.42. The van der Waals surface area contributed by atoms with Gasteiger partial charge in [-0.1, -0.05) is 12.1 Å². The molecular formula is C13H13F3N4O3S2. The van der Waals surface area contributed by atoms with E-state index in [0.29, 0.717) is 17.5 Å². The maximum absolute atomic E-state index is 12.1. The topological polar surface area (TPSA) is 97.4 Å². The molecule has 3 rings (SSSR count). The summed E-state index contributed by atoms with van der Waals surface area (Å²) in [6.07, 6.45) is -5.26. The first-order valence-electron chi connectivity index (χ1n) is 7.06. The third kappa shape index (κ3) is 4.44.